The molecule has 0 radical (unpaired) electrons. The van der Waals surface area contributed by atoms with E-state index in [-0.39, 0.29) is 0 Å². The van der Waals surface area contributed by atoms with Gasteiger partial charge in [-0.3, -0.25) is 0 Å². The Hall–Kier alpha value is -1.37. The zero-order valence-corrected chi connectivity index (χ0v) is 12.0. The van der Waals surface area contributed by atoms with Crippen LogP contribution in [0.15, 0.2) is 34.7 Å². The molecule has 0 aliphatic rings. The van der Waals surface area contributed by atoms with Gasteiger partial charge in [-0.2, -0.15) is 0 Å². The summed E-state index contributed by atoms with van der Waals surface area (Å²) in [6, 6.07) is 3.60. The molecule has 0 fully saturated rings. The summed E-state index contributed by atoms with van der Waals surface area (Å²) < 4.78 is 0. The predicted octanol–water partition coefficient (Wildman–Crippen LogP) is 2.91. The smallest absolute Gasteiger partial charge is 0.147 e. The molecule has 2 heterocycles. The maximum atomic E-state index is 6.11. The Morgan fingerprint density at radius 2 is 2.16 bits per heavy atom. The van der Waals surface area contributed by atoms with E-state index in [1.807, 2.05) is 0 Å². The topological polar surface area (TPSA) is 76.7 Å². The molecule has 2 aromatic heterocycles. The summed E-state index contributed by atoms with van der Waals surface area (Å²) in [6.07, 6.45) is 5.00. The van der Waals surface area contributed by atoms with Crippen molar-refractivity contribution in [1.82, 2.24) is 15.0 Å². The molecular weight excluding hydrogens is 282 g/mol. The fourth-order valence-corrected chi connectivity index (χ4v) is 2.74. The summed E-state index contributed by atoms with van der Waals surface area (Å²) in [6.45, 7) is 2.09. The second-order valence-corrected chi connectivity index (χ2v) is 5.18. The van der Waals surface area contributed by atoms with E-state index < -0.39 is 0 Å². The first-order valence-corrected chi connectivity index (χ1v) is 7.04. The Bertz CT molecular complexity index is 564. The number of nitrogens with one attached hydrogen (secondary N) is 1. The minimum atomic E-state index is 0.607. The zero-order valence-electron chi connectivity index (χ0n) is 10.4. The van der Waals surface area contributed by atoms with Gasteiger partial charge in [0.05, 0.1) is 5.02 Å². The van der Waals surface area contributed by atoms with Crippen LogP contribution < -0.4 is 11.3 Å². The Balaban J connectivity index is 2.37. The summed E-state index contributed by atoms with van der Waals surface area (Å²) in [5.74, 6) is 6.13. The number of hydrogen-bond acceptors (Lipinski definition) is 6. The van der Waals surface area contributed by atoms with Gasteiger partial charge in [0.1, 0.15) is 22.2 Å². The van der Waals surface area contributed by atoms with Gasteiger partial charge in [-0.15, -0.1) is 0 Å². The van der Waals surface area contributed by atoms with Gasteiger partial charge >= 0.3 is 0 Å². The fourth-order valence-electron chi connectivity index (χ4n) is 1.62. The average Bonchev–Trinajstić information content (AvgIpc) is 2.43. The van der Waals surface area contributed by atoms with E-state index in [1.54, 1.807) is 18.3 Å². The molecule has 7 heteroatoms. The largest absolute Gasteiger partial charge is 0.308 e. The second kappa shape index (κ2) is 6.70. The van der Waals surface area contributed by atoms with Gasteiger partial charge < -0.3 is 5.43 Å². The van der Waals surface area contributed by atoms with Crippen molar-refractivity contribution in [2.24, 2.45) is 5.84 Å². The van der Waals surface area contributed by atoms with E-state index in [4.69, 9.17) is 17.4 Å². The molecule has 0 aliphatic heterocycles. The summed E-state index contributed by atoms with van der Waals surface area (Å²) in [5.41, 5.74) is 3.59. The molecule has 0 aromatic carbocycles. The number of nitrogens with zero attached hydrogens (tertiary/aromatic N) is 3. The van der Waals surface area contributed by atoms with Gasteiger partial charge in [-0.05, 0) is 30.3 Å². The third-order valence-electron chi connectivity index (χ3n) is 2.46. The molecule has 19 heavy (non-hydrogen) atoms. The summed E-state index contributed by atoms with van der Waals surface area (Å²) >= 11 is 7.53. The van der Waals surface area contributed by atoms with Crippen LogP contribution in [0.4, 0.5) is 5.82 Å². The number of hydrazine groups is 1. The fraction of sp³-hybridized carbons (Fsp3) is 0.250. The van der Waals surface area contributed by atoms with E-state index in [2.05, 4.69) is 27.3 Å². The monoisotopic (exact) mass is 295 g/mol. The molecule has 0 saturated heterocycles. The van der Waals surface area contributed by atoms with Crippen LogP contribution >= 0.6 is 23.4 Å². The van der Waals surface area contributed by atoms with Crippen LogP contribution in [0.2, 0.25) is 5.02 Å². The van der Waals surface area contributed by atoms with Crippen molar-refractivity contribution >= 4 is 29.2 Å². The molecule has 2 rings (SSSR count). The number of pyridine rings is 1. The highest BCUT2D eigenvalue weighted by Crippen LogP contribution is 2.34. The van der Waals surface area contributed by atoms with Crippen molar-refractivity contribution in [3.05, 3.63) is 35.2 Å². The van der Waals surface area contributed by atoms with E-state index in [9.17, 15) is 0 Å². The predicted molar refractivity (Wildman–Crippen MR) is 77.2 cm³/mol. The summed E-state index contributed by atoms with van der Waals surface area (Å²) in [7, 11) is 0. The standard InChI is InChI=1S/C12H14ClN5S/c1-2-4-8-10(18-14)16-7-17-11(8)19-12-9(13)5-3-6-15-12/h3,5-7H,2,4,14H2,1H3,(H,16,17,18). The molecule has 0 atom stereocenters. The van der Waals surface area contributed by atoms with Gasteiger partial charge in [0, 0.05) is 11.8 Å². The Morgan fingerprint density at radius 3 is 2.84 bits per heavy atom. The maximum Gasteiger partial charge on any atom is 0.147 e. The van der Waals surface area contributed by atoms with Crippen LogP contribution in [-0.4, -0.2) is 15.0 Å². The molecule has 0 spiro atoms. The third-order valence-corrected chi connectivity index (χ3v) is 3.94. The normalized spacial score (nSPS) is 10.5. The van der Waals surface area contributed by atoms with Crippen molar-refractivity contribution in [3.63, 3.8) is 0 Å². The lowest BCUT2D eigenvalue weighted by atomic mass is 10.2. The first-order chi connectivity index (χ1) is 9.26. The van der Waals surface area contributed by atoms with Crippen LogP contribution in [0.25, 0.3) is 0 Å². The van der Waals surface area contributed by atoms with Gasteiger partial charge in [0.25, 0.3) is 0 Å². The van der Waals surface area contributed by atoms with E-state index in [0.717, 1.165) is 28.5 Å². The highest BCUT2D eigenvalue weighted by atomic mass is 35.5. The first-order valence-electron chi connectivity index (χ1n) is 5.85. The van der Waals surface area contributed by atoms with E-state index in [0.29, 0.717) is 10.8 Å². The lowest BCUT2D eigenvalue weighted by Gasteiger charge is -2.11. The number of rotatable bonds is 5. The molecule has 0 amide bonds. The zero-order chi connectivity index (χ0) is 13.7. The number of nitrogen functional groups attached to an aromatic ring is 1. The molecule has 2 aromatic rings. The quantitative estimate of drug-likeness (QED) is 0.502. The molecule has 3 N–H and O–H groups in total. The molecule has 100 valence electrons. The van der Waals surface area contributed by atoms with Crippen LogP contribution in [-0.2, 0) is 6.42 Å². The van der Waals surface area contributed by atoms with Crippen molar-refractivity contribution < 1.29 is 0 Å². The van der Waals surface area contributed by atoms with Gasteiger partial charge in [-0.25, -0.2) is 20.8 Å². The van der Waals surface area contributed by atoms with Crippen molar-refractivity contribution in [2.75, 3.05) is 5.43 Å². The molecule has 0 saturated carbocycles. The minimum absolute atomic E-state index is 0.607. The number of aromatic nitrogens is 3. The Labute approximate surface area is 121 Å². The lowest BCUT2D eigenvalue weighted by Crippen LogP contribution is -2.12. The number of nitrogens with two attached hydrogens (primary N) is 1. The second-order valence-electron chi connectivity index (χ2n) is 3.79. The maximum absolute atomic E-state index is 6.11. The average molecular weight is 296 g/mol. The molecule has 0 aliphatic carbocycles. The van der Waals surface area contributed by atoms with Crippen LogP contribution in [0, 0.1) is 0 Å². The van der Waals surface area contributed by atoms with Gasteiger partial charge in [-0.1, -0.05) is 24.9 Å². The van der Waals surface area contributed by atoms with Crippen molar-refractivity contribution in [1.29, 1.82) is 0 Å². The molecule has 5 nitrogen and oxygen atoms in total. The van der Waals surface area contributed by atoms with Crippen LogP contribution in [0.1, 0.15) is 18.9 Å². The number of halogens is 1. The van der Waals surface area contributed by atoms with Crippen LogP contribution in [0.5, 0.6) is 0 Å². The number of hydrogen-bond donors (Lipinski definition) is 2. The summed E-state index contributed by atoms with van der Waals surface area (Å²) in [4.78, 5) is 12.7. The SMILES string of the molecule is CCCc1c(NN)ncnc1Sc1ncccc1Cl. The number of anilines is 1. The Kier molecular flexibility index (Phi) is 4.95. The van der Waals surface area contributed by atoms with Crippen molar-refractivity contribution in [2.45, 2.75) is 29.8 Å². The van der Waals surface area contributed by atoms with Crippen molar-refractivity contribution in [3.8, 4) is 0 Å². The molecule has 0 unspecified atom stereocenters. The van der Waals surface area contributed by atoms with E-state index >= 15 is 0 Å². The highest BCUT2D eigenvalue weighted by molar-refractivity contribution is 7.99. The first kappa shape index (κ1) is 14.0. The molecule has 0 bridgehead atoms. The minimum Gasteiger partial charge on any atom is -0.308 e. The lowest BCUT2D eigenvalue weighted by molar-refractivity contribution is 0.855. The van der Waals surface area contributed by atoms with Gasteiger partial charge in [0.2, 0.25) is 0 Å². The van der Waals surface area contributed by atoms with Crippen LogP contribution in [0.3, 0.4) is 0 Å². The van der Waals surface area contributed by atoms with E-state index in [1.165, 1.54) is 18.1 Å². The van der Waals surface area contributed by atoms with Gasteiger partial charge in [0.15, 0.2) is 0 Å². The highest BCUT2D eigenvalue weighted by Gasteiger charge is 2.13. The molecular formula is C12H14ClN5S. The third kappa shape index (κ3) is 3.34. The Morgan fingerprint density at radius 1 is 1.32 bits per heavy atom. The summed E-state index contributed by atoms with van der Waals surface area (Å²) in [5, 5.41) is 2.16.